The summed E-state index contributed by atoms with van der Waals surface area (Å²) in [6, 6.07) is 6.18. The van der Waals surface area contributed by atoms with Crippen molar-refractivity contribution in [3.05, 3.63) is 29.3 Å². The molecule has 0 saturated carbocycles. The van der Waals surface area contributed by atoms with Gasteiger partial charge in [-0.1, -0.05) is 18.6 Å². The highest BCUT2D eigenvalue weighted by atomic mass is 16.5. The number of benzene rings is 1. The zero-order valence-electron chi connectivity index (χ0n) is 11.5. The van der Waals surface area contributed by atoms with E-state index < -0.39 is 0 Å². The maximum atomic E-state index is 8.67. The Morgan fingerprint density at radius 2 is 1.94 bits per heavy atom. The van der Waals surface area contributed by atoms with Gasteiger partial charge in [0.05, 0.1) is 6.61 Å². The fourth-order valence-corrected chi connectivity index (χ4v) is 1.87. The Bertz CT molecular complexity index is 350. The van der Waals surface area contributed by atoms with E-state index in [0.29, 0.717) is 6.61 Å². The highest BCUT2D eigenvalue weighted by Gasteiger charge is 2.04. The Morgan fingerprint density at radius 1 is 1.22 bits per heavy atom. The molecule has 0 saturated heterocycles. The normalized spacial score (nSPS) is 12.4. The number of ether oxygens (including phenoxy) is 1. The van der Waals surface area contributed by atoms with E-state index in [9.17, 15) is 0 Å². The third-order valence-corrected chi connectivity index (χ3v) is 3.03. The van der Waals surface area contributed by atoms with Gasteiger partial charge < -0.3 is 15.6 Å². The molecule has 1 atom stereocenters. The quantitative estimate of drug-likeness (QED) is 0.698. The van der Waals surface area contributed by atoms with Crippen molar-refractivity contribution in [1.82, 2.24) is 0 Å². The smallest absolute Gasteiger partial charge is 0.122 e. The molecular weight excluding hydrogens is 226 g/mol. The molecule has 0 aromatic heterocycles. The van der Waals surface area contributed by atoms with Crippen LogP contribution in [0.2, 0.25) is 0 Å². The van der Waals surface area contributed by atoms with Crippen LogP contribution in [0.25, 0.3) is 0 Å². The van der Waals surface area contributed by atoms with Gasteiger partial charge in [-0.15, -0.1) is 0 Å². The van der Waals surface area contributed by atoms with E-state index in [1.54, 1.807) is 0 Å². The van der Waals surface area contributed by atoms with Crippen molar-refractivity contribution >= 4 is 0 Å². The van der Waals surface area contributed by atoms with Gasteiger partial charge in [0.25, 0.3) is 0 Å². The molecule has 0 aliphatic carbocycles. The molecule has 0 spiro atoms. The van der Waals surface area contributed by atoms with Crippen molar-refractivity contribution in [2.45, 2.75) is 45.6 Å². The first-order chi connectivity index (χ1) is 8.65. The van der Waals surface area contributed by atoms with Crippen LogP contribution in [0.5, 0.6) is 5.75 Å². The van der Waals surface area contributed by atoms with Crippen LogP contribution in [0.15, 0.2) is 18.2 Å². The average molecular weight is 251 g/mol. The predicted molar refractivity (Wildman–Crippen MR) is 74.8 cm³/mol. The van der Waals surface area contributed by atoms with E-state index in [2.05, 4.69) is 6.07 Å². The highest BCUT2D eigenvalue weighted by Crippen LogP contribution is 2.22. The number of nitrogens with two attached hydrogens (primary N) is 1. The van der Waals surface area contributed by atoms with Crippen LogP contribution in [-0.2, 0) is 0 Å². The molecular formula is C15H25NO2. The van der Waals surface area contributed by atoms with Crippen LogP contribution in [0.1, 0.15) is 49.8 Å². The summed E-state index contributed by atoms with van der Waals surface area (Å²) in [7, 11) is 0. The molecule has 0 unspecified atom stereocenters. The van der Waals surface area contributed by atoms with Gasteiger partial charge >= 0.3 is 0 Å². The van der Waals surface area contributed by atoms with Crippen molar-refractivity contribution < 1.29 is 9.84 Å². The van der Waals surface area contributed by atoms with Gasteiger partial charge in [-0.25, -0.2) is 0 Å². The zero-order valence-corrected chi connectivity index (χ0v) is 11.5. The summed E-state index contributed by atoms with van der Waals surface area (Å²) in [5.41, 5.74) is 8.12. The van der Waals surface area contributed by atoms with Crippen molar-refractivity contribution in [3.63, 3.8) is 0 Å². The van der Waals surface area contributed by atoms with Crippen LogP contribution < -0.4 is 10.5 Å². The summed E-state index contributed by atoms with van der Waals surface area (Å²) in [5.74, 6) is 0.946. The van der Waals surface area contributed by atoms with Crippen molar-refractivity contribution in [2.24, 2.45) is 5.73 Å². The lowest BCUT2D eigenvalue weighted by molar-refractivity contribution is 0.273. The summed E-state index contributed by atoms with van der Waals surface area (Å²) >= 11 is 0. The zero-order chi connectivity index (χ0) is 13.4. The molecule has 0 fully saturated rings. The lowest BCUT2D eigenvalue weighted by Gasteiger charge is -2.12. The Morgan fingerprint density at radius 3 is 2.56 bits per heavy atom. The second kappa shape index (κ2) is 8.11. The molecule has 1 aromatic carbocycles. The number of rotatable bonds is 8. The minimum absolute atomic E-state index is 0.0660. The maximum Gasteiger partial charge on any atom is 0.122 e. The summed E-state index contributed by atoms with van der Waals surface area (Å²) in [5, 5.41) is 8.67. The molecule has 0 bridgehead atoms. The van der Waals surface area contributed by atoms with Gasteiger partial charge in [0.1, 0.15) is 5.75 Å². The minimum Gasteiger partial charge on any atom is -0.493 e. The standard InChI is InChI=1S/C15H25NO2/c1-12-11-14(13(2)16)7-8-15(12)18-10-6-4-3-5-9-17/h7-8,11,13,17H,3-6,9-10,16H2,1-2H3/t13-/m1/s1. The largest absolute Gasteiger partial charge is 0.493 e. The Balaban J connectivity index is 2.34. The monoisotopic (exact) mass is 251 g/mol. The van der Waals surface area contributed by atoms with Gasteiger partial charge in [0.2, 0.25) is 0 Å². The van der Waals surface area contributed by atoms with E-state index in [1.807, 2.05) is 26.0 Å². The van der Waals surface area contributed by atoms with Crippen LogP contribution in [-0.4, -0.2) is 18.3 Å². The SMILES string of the molecule is Cc1cc([C@@H](C)N)ccc1OCCCCCCO. The first-order valence-corrected chi connectivity index (χ1v) is 6.75. The molecule has 0 heterocycles. The molecule has 3 nitrogen and oxygen atoms in total. The lowest BCUT2D eigenvalue weighted by Crippen LogP contribution is -2.06. The number of hydrogen-bond acceptors (Lipinski definition) is 3. The van der Waals surface area contributed by atoms with E-state index in [0.717, 1.165) is 49.2 Å². The predicted octanol–water partition coefficient (Wildman–Crippen LogP) is 2.95. The number of unbranched alkanes of at least 4 members (excludes halogenated alkanes) is 3. The molecule has 102 valence electrons. The molecule has 3 heteroatoms. The fraction of sp³-hybridized carbons (Fsp3) is 0.600. The van der Waals surface area contributed by atoms with Gasteiger partial charge in [0, 0.05) is 12.6 Å². The molecule has 0 aliphatic rings. The molecule has 0 radical (unpaired) electrons. The third-order valence-electron chi connectivity index (χ3n) is 3.03. The number of aliphatic hydroxyl groups excluding tert-OH is 1. The fourth-order valence-electron chi connectivity index (χ4n) is 1.87. The Hall–Kier alpha value is -1.06. The van der Waals surface area contributed by atoms with Crippen molar-refractivity contribution in [2.75, 3.05) is 13.2 Å². The van der Waals surface area contributed by atoms with Crippen LogP contribution in [0.3, 0.4) is 0 Å². The van der Waals surface area contributed by atoms with E-state index in [1.165, 1.54) is 0 Å². The summed E-state index contributed by atoms with van der Waals surface area (Å²) < 4.78 is 5.75. The van der Waals surface area contributed by atoms with Gasteiger partial charge in [-0.2, -0.15) is 0 Å². The molecule has 1 aromatic rings. The first kappa shape index (κ1) is 15.0. The molecule has 0 aliphatic heterocycles. The van der Waals surface area contributed by atoms with Gasteiger partial charge in [0.15, 0.2) is 0 Å². The van der Waals surface area contributed by atoms with Crippen molar-refractivity contribution in [3.8, 4) is 5.75 Å². The lowest BCUT2D eigenvalue weighted by atomic mass is 10.1. The molecule has 18 heavy (non-hydrogen) atoms. The molecule has 3 N–H and O–H groups in total. The van der Waals surface area contributed by atoms with Crippen LogP contribution >= 0.6 is 0 Å². The summed E-state index contributed by atoms with van der Waals surface area (Å²) in [6.07, 6.45) is 4.11. The van der Waals surface area contributed by atoms with E-state index >= 15 is 0 Å². The van der Waals surface area contributed by atoms with Crippen molar-refractivity contribution in [1.29, 1.82) is 0 Å². The number of aliphatic hydroxyl groups is 1. The van der Waals surface area contributed by atoms with Crippen LogP contribution in [0.4, 0.5) is 0 Å². The maximum absolute atomic E-state index is 8.67. The second-order valence-corrected chi connectivity index (χ2v) is 4.80. The number of aryl methyl sites for hydroxylation is 1. The highest BCUT2D eigenvalue weighted by molar-refractivity contribution is 5.37. The summed E-state index contributed by atoms with van der Waals surface area (Å²) in [4.78, 5) is 0. The van der Waals surface area contributed by atoms with Gasteiger partial charge in [-0.05, 0) is 50.3 Å². The van der Waals surface area contributed by atoms with Crippen LogP contribution in [0, 0.1) is 6.92 Å². The average Bonchev–Trinajstić information content (AvgIpc) is 2.35. The second-order valence-electron chi connectivity index (χ2n) is 4.80. The van der Waals surface area contributed by atoms with E-state index in [-0.39, 0.29) is 6.04 Å². The number of hydrogen-bond donors (Lipinski definition) is 2. The van der Waals surface area contributed by atoms with E-state index in [4.69, 9.17) is 15.6 Å². The topological polar surface area (TPSA) is 55.5 Å². The van der Waals surface area contributed by atoms with Gasteiger partial charge in [-0.3, -0.25) is 0 Å². The Labute approximate surface area is 110 Å². The first-order valence-electron chi connectivity index (χ1n) is 6.75. The summed E-state index contributed by atoms with van der Waals surface area (Å²) in [6.45, 7) is 5.06. The minimum atomic E-state index is 0.0660. The molecule has 0 amide bonds. The Kier molecular flexibility index (Phi) is 6.76. The third kappa shape index (κ3) is 5.07. The molecule has 1 rings (SSSR count).